The first-order valence-corrected chi connectivity index (χ1v) is 9.99. The molecule has 0 saturated heterocycles. The Morgan fingerprint density at radius 2 is 1.82 bits per heavy atom. The molecule has 28 heavy (non-hydrogen) atoms. The van der Waals surface area contributed by atoms with Crippen molar-refractivity contribution >= 4 is 5.91 Å². The van der Waals surface area contributed by atoms with Crippen LogP contribution in [0.1, 0.15) is 59.6 Å². The fraction of sp³-hybridized carbons (Fsp3) is 0.348. The zero-order chi connectivity index (χ0) is 19.9. The van der Waals surface area contributed by atoms with Crippen LogP contribution in [0.3, 0.4) is 0 Å². The lowest BCUT2D eigenvalue weighted by Crippen LogP contribution is -2.25. The highest BCUT2D eigenvalue weighted by molar-refractivity contribution is 5.96. The summed E-state index contributed by atoms with van der Waals surface area (Å²) in [7, 11) is 0. The van der Waals surface area contributed by atoms with Crippen molar-refractivity contribution in [1.82, 2.24) is 20.1 Å². The van der Waals surface area contributed by atoms with E-state index in [1.54, 1.807) is 12.4 Å². The van der Waals surface area contributed by atoms with Crippen molar-refractivity contribution in [3.8, 4) is 5.69 Å². The van der Waals surface area contributed by atoms with Gasteiger partial charge in [-0.25, -0.2) is 4.68 Å². The van der Waals surface area contributed by atoms with Crippen molar-refractivity contribution in [1.29, 1.82) is 0 Å². The molecule has 0 saturated carbocycles. The monoisotopic (exact) mass is 376 g/mol. The SMILES string of the molecule is CCCc1nn(-c2cccc(C)c2)c(CCC)c1C(=O)NCc1ccncc1. The second-order valence-corrected chi connectivity index (χ2v) is 7.06. The largest absolute Gasteiger partial charge is 0.348 e. The average Bonchev–Trinajstić information content (AvgIpc) is 3.06. The van der Waals surface area contributed by atoms with E-state index < -0.39 is 0 Å². The Bertz CT molecular complexity index is 931. The molecular weight excluding hydrogens is 348 g/mol. The van der Waals surface area contributed by atoms with Gasteiger partial charge in [-0.3, -0.25) is 9.78 Å². The van der Waals surface area contributed by atoms with Gasteiger partial charge in [0.25, 0.3) is 5.91 Å². The summed E-state index contributed by atoms with van der Waals surface area (Å²) in [6, 6.07) is 12.1. The number of hydrogen-bond acceptors (Lipinski definition) is 3. The molecular formula is C23H28N4O. The van der Waals surface area contributed by atoms with Gasteiger partial charge in [0, 0.05) is 18.9 Å². The minimum absolute atomic E-state index is 0.0531. The summed E-state index contributed by atoms with van der Waals surface area (Å²) >= 11 is 0. The first-order valence-electron chi connectivity index (χ1n) is 9.99. The Labute approximate surface area is 166 Å². The standard InChI is InChI=1S/C23H28N4O/c1-4-7-20-22(23(28)25-16-18-11-13-24-14-12-18)21(8-5-2)27(26-20)19-10-6-9-17(3)15-19/h6,9-15H,4-5,7-8,16H2,1-3H3,(H,25,28). The van der Waals surface area contributed by atoms with E-state index in [1.807, 2.05) is 28.9 Å². The molecule has 0 aliphatic rings. The van der Waals surface area contributed by atoms with Crippen LogP contribution in [-0.4, -0.2) is 20.7 Å². The van der Waals surface area contributed by atoms with Gasteiger partial charge >= 0.3 is 0 Å². The van der Waals surface area contributed by atoms with Crippen LogP contribution in [0.5, 0.6) is 0 Å². The summed E-state index contributed by atoms with van der Waals surface area (Å²) in [5.41, 5.74) is 5.82. The molecule has 0 radical (unpaired) electrons. The number of carbonyl (C=O) groups is 1. The van der Waals surface area contributed by atoms with Gasteiger partial charge in [-0.15, -0.1) is 0 Å². The Kier molecular flexibility index (Phi) is 6.58. The Balaban J connectivity index is 1.98. The van der Waals surface area contributed by atoms with Gasteiger partial charge in [0.05, 0.1) is 22.6 Å². The molecule has 3 aromatic rings. The zero-order valence-corrected chi connectivity index (χ0v) is 16.9. The van der Waals surface area contributed by atoms with Gasteiger partial charge in [-0.1, -0.05) is 38.8 Å². The van der Waals surface area contributed by atoms with E-state index in [0.717, 1.165) is 53.9 Å². The summed E-state index contributed by atoms with van der Waals surface area (Å²) in [6.07, 6.45) is 6.97. The number of nitrogens with one attached hydrogen (secondary N) is 1. The first kappa shape index (κ1) is 19.8. The molecule has 1 amide bonds. The normalized spacial score (nSPS) is 10.8. The summed E-state index contributed by atoms with van der Waals surface area (Å²) in [4.78, 5) is 17.2. The topological polar surface area (TPSA) is 59.8 Å². The van der Waals surface area contributed by atoms with E-state index in [9.17, 15) is 4.79 Å². The zero-order valence-electron chi connectivity index (χ0n) is 16.9. The number of carbonyl (C=O) groups excluding carboxylic acids is 1. The van der Waals surface area contributed by atoms with E-state index in [2.05, 4.69) is 43.2 Å². The van der Waals surface area contributed by atoms with E-state index in [-0.39, 0.29) is 5.91 Å². The fourth-order valence-corrected chi connectivity index (χ4v) is 3.39. The van der Waals surface area contributed by atoms with Gasteiger partial charge < -0.3 is 5.32 Å². The maximum absolute atomic E-state index is 13.1. The Morgan fingerprint density at radius 1 is 1.07 bits per heavy atom. The molecule has 0 bridgehead atoms. The third-order valence-corrected chi connectivity index (χ3v) is 4.70. The predicted octanol–water partition coefficient (Wildman–Crippen LogP) is 4.41. The number of aryl methyl sites for hydroxylation is 2. The Hall–Kier alpha value is -2.95. The van der Waals surface area contributed by atoms with Crippen LogP contribution in [0.4, 0.5) is 0 Å². The van der Waals surface area contributed by atoms with Gasteiger partial charge in [0.1, 0.15) is 0 Å². The molecule has 2 aromatic heterocycles. The molecule has 0 aliphatic carbocycles. The molecule has 1 aromatic carbocycles. The molecule has 0 atom stereocenters. The highest BCUT2D eigenvalue weighted by Gasteiger charge is 2.23. The van der Waals surface area contributed by atoms with Crippen LogP contribution in [0.25, 0.3) is 5.69 Å². The molecule has 0 unspecified atom stereocenters. The van der Waals surface area contributed by atoms with Crippen molar-refractivity contribution in [3.63, 3.8) is 0 Å². The van der Waals surface area contributed by atoms with E-state index >= 15 is 0 Å². The maximum atomic E-state index is 13.1. The molecule has 5 heteroatoms. The highest BCUT2D eigenvalue weighted by atomic mass is 16.1. The second kappa shape index (κ2) is 9.31. The number of amides is 1. The molecule has 5 nitrogen and oxygen atoms in total. The summed E-state index contributed by atoms with van der Waals surface area (Å²) in [5.74, 6) is -0.0531. The third-order valence-electron chi connectivity index (χ3n) is 4.70. The average molecular weight is 377 g/mol. The number of nitrogens with zero attached hydrogens (tertiary/aromatic N) is 3. The number of aromatic nitrogens is 3. The van der Waals surface area contributed by atoms with Crippen molar-refractivity contribution in [3.05, 3.63) is 76.9 Å². The molecule has 146 valence electrons. The first-order chi connectivity index (χ1) is 13.6. The molecule has 3 rings (SSSR count). The van der Waals surface area contributed by atoms with Crippen molar-refractivity contribution in [2.45, 2.75) is 53.0 Å². The lowest BCUT2D eigenvalue weighted by atomic mass is 10.1. The highest BCUT2D eigenvalue weighted by Crippen LogP contribution is 2.23. The van der Waals surface area contributed by atoms with E-state index in [1.165, 1.54) is 5.56 Å². The summed E-state index contributed by atoms with van der Waals surface area (Å²) < 4.78 is 1.96. The van der Waals surface area contributed by atoms with Crippen LogP contribution in [0.15, 0.2) is 48.8 Å². The smallest absolute Gasteiger partial charge is 0.255 e. The van der Waals surface area contributed by atoms with Gasteiger partial charge in [0.15, 0.2) is 0 Å². The van der Waals surface area contributed by atoms with E-state index in [4.69, 9.17) is 5.10 Å². The number of pyridine rings is 1. The van der Waals surface area contributed by atoms with Crippen LogP contribution < -0.4 is 5.32 Å². The van der Waals surface area contributed by atoms with Gasteiger partial charge in [-0.05, 0) is 55.2 Å². The minimum Gasteiger partial charge on any atom is -0.348 e. The van der Waals surface area contributed by atoms with Gasteiger partial charge in [-0.2, -0.15) is 5.10 Å². The number of rotatable bonds is 8. The second-order valence-electron chi connectivity index (χ2n) is 7.06. The lowest BCUT2D eigenvalue weighted by molar-refractivity contribution is 0.0949. The summed E-state index contributed by atoms with van der Waals surface area (Å²) in [6.45, 7) is 6.80. The van der Waals surface area contributed by atoms with Crippen LogP contribution >= 0.6 is 0 Å². The predicted molar refractivity (Wildman–Crippen MR) is 112 cm³/mol. The third kappa shape index (κ3) is 4.47. The molecule has 1 N–H and O–H groups in total. The van der Waals surface area contributed by atoms with Crippen LogP contribution in [-0.2, 0) is 19.4 Å². The molecule has 0 spiro atoms. The molecule has 0 aliphatic heterocycles. The van der Waals surface area contributed by atoms with Crippen molar-refractivity contribution < 1.29 is 4.79 Å². The molecule has 0 fully saturated rings. The van der Waals surface area contributed by atoms with Crippen LogP contribution in [0, 0.1) is 6.92 Å². The number of benzene rings is 1. The van der Waals surface area contributed by atoms with Crippen LogP contribution in [0.2, 0.25) is 0 Å². The maximum Gasteiger partial charge on any atom is 0.255 e. The lowest BCUT2D eigenvalue weighted by Gasteiger charge is -2.10. The van der Waals surface area contributed by atoms with E-state index in [0.29, 0.717) is 6.54 Å². The summed E-state index contributed by atoms with van der Waals surface area (Å²) in [5, 5.41) is 7.92. The Morgan fingerprint density at radius 3 is 2.50 bits per heavy atom. The van der Waals surface area contributed by atoms with Crippen molar-refractivity contribution in [2.24, 2.45) is 0 Å². The fourth-order valence-electron chi connectivity index (χ4n) is 3.39. The van der Waals surface area contributed by atoms with Gasteiger partial charge in [0.2, 0.25) is 0 Å². The van der Waals surface area contributed by atoms with Crippen molar-refractivity contribution in [2.75, 3.05) is 0 Å². The minimum atomic E-state index is -0.0531. The molecule has 2 heterocycles. The quantitative estimate of drug-likeness (QED) is 0.633. The number of hydrogen-bond donors (Lipinski definition) is 1.